The van der Waals surface area contributed by atoms with Crippen LogP contribution in [0.1, 0.15) is 175 Å². The normalized spacial score (nSPS) is 21.9. The maximum atomic E-state index is 15.0. The third-order valence-electron chi connectivity index (χ3n) is 16.0. The number of hydrogen-bond donors (Lipinski definition) is 0. The molecule has 406 valence electrons. The van der Waals surface area contributed by atoms with Gasteiger partial charge in [-0.05, 0) is 141 Å². The summed E-state index contributed by atoms with van der Waals surface area (Å²) in [5, 5.41) is 0. The van der Waals surface area contributed by atoms with Gasteiger partial charge >= 0.3 is 12.1 Å². The van der Waals surface area contributed by atoms with Crippen molar-refractivity contribution in [3.05, 3.63) is 54.1 Å². The van der Waals surface area contributed by atoms with Crippen LogP contribution in [0.15, 0.2) is 48.6 Å². The van der Waals surface area contributed by atoms with Crippen LogP contribution in [0.5, 0.6) is 5.75 Å². The average molecular weight is 1030 g/mol. The third kappa shape index (κ3) is 16.3. The lowest BCUT2D eigenvalue weighted by Gasteiger charge is -2.48. The van der Waals surface area contributed by atoms with Crippen LogP contribution in [0.3, 0.4) is 0 Å². The number of carbonyl (C=O) groups excluding carboxylic acids is 3. The van der Waals surface area contributed by atoms with Crippen molar-refractivity contribution in [3.63, 3.8) is 0 Å². The Morgan fingerprint density at radius 2 is 1.37 bits per heavy atom. The van der Waals surface area contributed by atoms with Gasteiger partial charge in [-0.1, -0.05) is 114 Å². The molecule has 2 aliphatic rings. The topological polar surface area (TPSA) is 119 Å². The van der Waals surface area contributed by atoms with Crippen LogP contribution in [-0.4, -0.2) is 103 Å². The van der Waals surface area contributed by atoms with Gasteiger partial charge in [0.25, 0.3) is 0 Å². The van der Waals surface area contributed by atoms with E-state index in [1.54, 1.807) is 25.2 Å². The number of benzene rings is 1. The van der Waals surface area contributed by atoms with E-state index in [1.807, 2.05) is 45.0 Å². The molecule has 2 fully saturated rings. The smallest absolute Gasteiger partial charge is 0.411 e. The number of amides is 1. The number of methoxy groups -OCH3 is 2. The molecule has 0 aromatic heterocycles. The number of piperidine rings is 1. The fourth-order valence-electron chi connectivity index (χ4n) is 12.6. The molecule has 11 nitrogen and oxygen atoms in total. The van der Waals surface area contributed by atoms with Crippen molar-refractivity contribution in [2.75, 3.05) is 20.8 Å². The van der Waals surface area contributed by atoms with Gasteiger partial charge in [0.15, 0.2) is 0 Å². The molecule has 1 aromatic rings. The fraction of sp³-hybridized carbons (Fsp3) is 0.776. The molecule has 0 bridgehead atoms. The van der Waals surface area contributed by atoms with Gasteiger partial charge in [0, 0.05) is 25.5 Å². The minimum absolute atomic E-state index is 0.00310. The van der Waals surface area contributed by atoms with Gasteiger partial charge in [-0.25, -0.2) is 9.59 Å². The van der Waals surface area contributed by atoms with Crippen LogP contribution in [0, 0.1) is 17.8 Å². The monoisotopic (exact) mass is 1030 g/mol. The molecular formula is C58H101NO10Si2. The van der Waals surface area contributed by atoms with E-state index in [-0.39, 0.29) is 41.4 Å². The van der Waals surface area contributed by atoms with E-state index in [4.69, 9.17) is 32.5 Å². The summed E-state index contributed by atoms with van der Waals surface area (Å²) >= 11 is 0. The molecule has 13 heteroatoms. The maximum absolute atomic E-state index is 15.0. The highest BCUT2D eigenvalue weighted by Gasteiger charge is 2.51. The molecule has 0 unspecified atom stereocenters. The van der Waals surface area contributed by atoms with Crippen molar-refractivity contribution >= 4 is 35.0 Å². The van der Waals surface area contributed by atoms with Crippen LogP contribution < -0.4 is 4.74 Å². The first kappa shape index (κ1) is 62.5. The van der Waals surface area contributed by atoms with Crippen molar-refractivity contribution < 1.29 is 46.9 Å². The van der Waals surface area contributed by atoms with Crippen LogP contribution in [0.2, 0.25) is 33.2 Å². The molecular weight excluding hydrogens is 927 g/mol. The molecule has 0 N–H and O–H groups in total. The molecule has 0 spiro atoms. The average Bonchev–Trinajstić information content (AvgIpc) is 3.30. The van der Waals surface area contributed by atoms with E-state index >= 15 is 0 Å². The van der Waals surface area contributed by atoms with Gasteiger partial charge in [-0.15, -0.1) is 6.58 Å². The SMILES string of the molecule is C=CC[C@H](C=O)[C@H](C[C@H](O[Si](C(C)C)(C(C)C)C(C)C)[C@@H](C)[C@H](OC(=O)[C@@H]1CCCCN1C(=O)OC(C)(C)C)/C(C)=C/[C@@H]1CC[C@@H](O[Si](C(C)C)(C(C)C)C(C)C)[C@H](OC)C1)OCc1ccc(OC)cc1. The standard InChI is InChI=1S/C58H101NO10Si2/c1-21-24-48(36-60)53(65-37-46-26-29-49(63-19)30-27-46)35-52(69-71(41(8)9,42(10)11)43(12)13)45(15)55(66-56(61)50-25-22-23-32-59(50)57(62)67-58(16,17)18)44(14)33-47-28-31-51(54(34-47)64-20)68-70(38(2)3,39(4)5)40(6)7/h21,26-27,29-30,33,36,38-43,45,47-48,50-55H,1,22-25,28,31-32,34-35,37H2,2-20H3/b44-33+/t45-,47+,48-,50+,51-,52+,53+,54-,55-/m1/s1. The van der Waals surface area contributed by atoms with Gasteiger partial charge in [-0.3, -0.25) is 4.90 Å². The Labute approximate surface area is 434 Å². The molecule has 1 aromatic carbocycles. The van der Waals surface area contributed by atoms with Gasteiger partial charge in [0.1, 0.15) is 29.8 Å². The highest BCUT2D eigenvalue weighted by atomic mass is 28.4. The lowest BCUT2D eigenvalue weighted by Crippen LogP contribution is -2.54. The van der Waals surface area contributed by atoms with Gasteiger partial charge in [-0.2, -0.15) is 0 Å². The Morgan fingerprint density at radius 1 is 0.789 bits per heavy atom. The number of hydrogen-bond acceptors (Lipinski definition) is 10. The van der Waals surface area contributed by atoms with E-state index in [1.165, 1.54) is 0 Å². The molecule has 1 saturated carbocycles. The Morgan fingerprint density at radius 3 is 1.86 bits per heavy atom. The zero-order valence-corrected chi connectivity index (χ0v) is 50.0. The lowest BCUT2D eigenvalue weighted by molar-refractivity contribution is -0.159. The van der Waals surface area contributed by atoms with Crippen molar-refractivity contribution in [1.82, 2.24) is 4.90 Å². The molecule has 9 atom stereocenters. The first-order valence-electron chi connectivity index (χ1n) is 27.3. The van der Waals surface area contributed by atoms with E-state index in [0.717, 1.165) is 55.3 Å². The largest absolute Gasteiger partial charge is 0.497 e. The maximum Gasteiger partial charge on any atom is 0.411 e. The number of ether oxygens (including phenoxy) is 5. The molecule has 0 radical (unpaired) electrons. The van der Waals surface area contributed by atoms with Crippen molar-refractivity contribution in [2.24, 2.45) is 17.8 Å². The van der Waals surface area contributed by atoms with Crippen molar-refractivity contribution in [3.8, 4) is 5.75 Å². The van der Waals surface area contributed by atoms with Gasteiger partial charge in [0.2, 0.25) is 16.6 Å². The minimum atomic E-state index is -2.63. The Bertz CT molecular complexity index is 1780. The predicted octanol–water partition coefficient (Wildman–Crippen LogP) is 14.6. The number of rotatable bonds is 27. The van der Waals surface area contributed by atoms with E-state index in [9.17, 15) is 14.4 Å². The molecule has 1 aliphatic heterocycles. The molecule has 1 amide bonds. The number of carbonyl (C=O) groups is 3. The van der Waals surface area contributed by atoms with Crippen LogP contribution in [0.4, 0.5) is 4.79 Å². The Hall–Kier alpha value is -2.82. The lowest BCUT2D eigenvalue weighted by atomic mass is 9.81. The summed E-state index contributed by atoms with van der Waals surface area (Å²) in [5.41, 5.74) is 3.26. The second-order valence-electron chi connectivity index (χ2n) is 23.9. The number of esters is 1. The highest BCUT2D eigenvalue weighted by Crippen LogP contribution is 2.47. The summed E-state index contributed by atoms with van der Waals surface area (Å²) in [7, 11) is -1.36. The number of allylic oxidation sites excluding steroid dienone is 2. The third-order valence-corrected chi connectivity index (χ3v) is 28.3. The molecule has 1 saturated heterocycles. The van der Waals surface area contributed by atoms with Crippen LogP contribution in [0.25, 0.3) is 0 Å². The second-order valence-corrected chi connectivity index (χ2v) is 34.7. The van der Waals surface area contributed by atoms with Crippen LogP contribution >= 0.6 is 0 Å². The quantitative estimate of drug-likeness (QED) is 0.0365. The Kier molecular flexibility index (Phi) is 24.8. The fourth-order valence-corrected chi connectivity index (χ4v) is 23.8. The first-order valence-corrected chi connectivity index (χ1v) is 31.6. The number of nitrogens with zero attached hydrogens (tertiary/aromatic N) is 1. The van der Waals surface area contributed by atoms with Gasteiger partial charge < -0.3 is 37.3 Å². The van der Waals surface area contributed by atoms with Crippen LogP contribution in [-0.2, 0) is 44.0 Å². The summed E-state index contributed by atoms with van der Waals surface area (Å²) in [6.45, 7) is 42.1. The molecule has 1 aliphatic carbocycles. The predicted molar refractivity (Wildman–Crippen MR) is 294 cm³/mol. The van der Waals surface area contributed by atoms with E-state index in [2.05, 4.69) is 110 Å². The summed E-state index contributed by atoms with van der Waals surface area (Å²) in [5.74, 6) is -0.454. The van der Waals surface area contributed by atoms with E-state index < -0.39 is 70.5 Å². The first-order chi connectivity index (χ1) is 33.2. The van der Waals surface area contributed by atoms with E-state index in [0.29, 0.717) is 42.4 Å². The summed E-state index contributed by atoms with van der Waals surface area (Å²) in [6, 6.07) is 6.97. The molecule has 3 rings (SSSR count). The van der Waals surface area contributed by atoms with Crippen molar-refractivity contribution in [2.45, 2.75) is 251 Å². The molecule has 1 heterocycles. The number of aldehydes is 1. The Balaban J connectivity index is 2.24. The molecule has 71 heavy (non-hydrogen) atoms. The van der Waals surface area contributed by atoms with Gasteiger partial charge in [0.05, 0.1) is 38.1 Å². The number of likely N-dealkylation sites (tertiary alicyclic amines) is 1. The summed E-state index contributed by atoms with van der Waals surface area (Å²) in [6.07, 6.45) is 8.07. The minimum Gasteiger partial charge on any atom is -0.497 e. The van der Waals surface area contributed by atoms with Crippen molar-refractivity contribution in [1.29, 1.82) is 0 Å². The summed E-state index contributed by atoms with van der Waals surface area (Å²) in [4.78, 5) is 43.4. The zero-order valence-electron chi connectivity index (χ0n) is 48.0. The highest BCUT2D eigenvalue weighted by molar-refractivity contribution is 6.78. The summed E-state index contributed by atoms with van der Waals surface area (Å²) < 4.78 is 46.6. The zero-order chi connectivity index (χ0) is 53.6. The second kappa shape index (κ2) is 28.2.